The molecule has 5 nitrogen and oxygen atoms in total. The summed E-state index contributed by atoms with van der Waals surface area (Å²) in [6, 6.07) is 3.93. The molecule has 25 heavy (non-hydrogen) atoms. The minimum absolute atomic E-state index is 0.170. The first-order valence-corrected chi connectivity index (χ1v) is 9.61. The molecule has 0 bridgehead atoms. The average molecular weight is 343 g/mol. The van der Waals surface area contributed by atoms with Crippen LogP contribution in [0.2, 0.25) is 0 Å². The number of aromatic nitrogens is 1. The second-order valence-electron chi connectivity index (χ2n) is 7.43. The third kappa shape index (κ3) is 4.59. The van der Waals surface area contributed by atoms with Crippen molar-refractivity contribution in [3.8, 4) is 0 Å². The van der Waals surface area contributed by atoms with Crippen molar-refractivity contribution in [2.24, 2.45) is 5.92 Å². The Morgan fingerprint density at radius 2 is 1.80 bits per heavy atom. The van der Waals surface area contributed by atoms with Gasteiger partial charge in [0.25, 0.3) is 0 Å². The molecule has 0 aromatic carbocycles. The normalized spacial score (nSPS) is 20.4. The van der Waals surface area contributed by atoms with Crippen molar-refractivity contribution in [2.45, 2.75) is 51.4 Å². The Morgan fingerprint density at radius 1 is 1.12 bits per heavy atom. The van der Waals surface area contributed by atoms with Crippen LogP contribution < -0.4 is 0 Å². The van der Waals surface area contributed by atoms with Crippen molar-refractivity contribution in [1.82, 2.24) is 14.8 Å². The Labute approximate surface area is 150 Å². The van der Waals surface area contributed by atoms with E-state index >= 15 is 0 Å². The SMILES string of the molecule is CC(CC(=O)N1CCN(C(=O)C2CCCCC2)CC1)c1cccnc1. The third-order valence-corrected chi connectivity index (χ3v) is 5.63. The van der Waals surface area contributed by atoms with E-state index in [0.717, 1.165) is 18.4 Å². The molecule has 1 aliphatic carbocycles. The molecule has 3 rings (SSSR count). The molecule has 1 aromatic rings. The summed E-state index contributed by atoms with van der Waals surface area (Å²) in [6.45, 7) is 4.76. The van der Waals surface area contributed by atoms with E-state index in [-0.39, 0.29) is 17.7 Å². The maximum absolute atomic E-state index is 12.6. The molecule has 1 aromatic heterocycles. The average Bonchev–Trinajstić information content (AvgIpc) is 2.69. The van der Waals surface area contributed by atoms with E-state index in [1.807, 2.05) is 28.1 Å². The topological polar surface area (TPSA) is 53.5 Å². The summed E-state index contributed by atoms with van der Waals surface area (Å²) in [5.74, 6) is 0.890. The van der Waals surface area contributed by atoms with Crippen LogP contribution in [0.4, 0.5) is 0 Å². The summed E-state index contributed by atoms with van der Waals surface area (Å²) >= 11 is 0. The molecule has 136 valence electrons. The van der Waals surface area contributed by atoms with Gasteiger partial charge in [-0.25, -0.2) is 0 Å². The van der Waals surface area contributed by atoms with Crippen LogP contribution in [0.15, 0.2) is 24.5 Å². The second kappa shape index (κ2) is 8.45. The first-order valence-electron chi connectivity index (χ1n) is 9.61. The molecular weight excluding hydrogens is 314 g/mol. The zero-order valence-electron chi connectivity index (χ0n) is 15.2. The van der Waals surface area contributed by atoms with E-state index in [0.29, 0.717) is 38.5 Å². The minimum atomic E-state index is 0.170. The van der Waals surface area contributed by atoms with Gasteiger partial charge in [-0.05, 0) is 30.4 Å². The van der Waals surface area contributed by atoms with Crippen LogP contribution in [0.5, 0.6) is 0 Å². The summed E-state index contributed by atoms with van der Waals surface area (Å²) in [6.07, 6.45) is 9.80. The monoisotopic (exact) mass is 343 g/mol. The quantitative estimate of drug-likeness (QED) is 0.845. The van der Waals surface area contributed by atoms with E-state index in [9.17, 15) is 9.59 Å². The fraction of sp³-hybridized carbons (Fsp3) is 0.650. The number of nitrogens with zero attached hydrogens (tertiary/aromatic N) is 3. The summed E-state index contributed by atoms with van der Waals surface area (Å²) in [4.78, 5) is 33.2. The van der Waals surface area contributed by atoms with Gasteiger partial charge in [0, 0.05) is 50.9 Å². The summed E-state index contributed by atoms with van der Waals surface area (Å²) in [5.41, 5.74) is 1.10. The summed E-state index contributed by atoms with van der Waals surface area (Å²) in [5, 5.41) is 0. The zero-order chi connectivity index (χ0) is 17.6. The number of hydrogen-bond acceptors (Lipinski definition) is 3. The van der Waals surface area contributed by atoms with E-state index in [2.05, 4.69) is 11.9 Å². The lowest BCUT2D eigenvalue weighted by atomic mass is 9.88. The van der Waals surface area contributed by atoms with Gasteiger partial charge in [-0.3, -0.25) is 14.6 Å². The highest BCUT2D eigenvalue weighted by molar-refractivity contribution is 5.80. The Morgan fingerprint density at radius 3 is 2.44 bits per heavy atom. The molecule has 1 aliphatic heterocycles. The lowest BCUT2D eigenvalue weighted by molar-refractivity contribution is -0.143. The standard InChI is InChI=1S/C20H29N3O2/c1-16(18-8-5-9-21-15-18)14-19(24)22-10-12-23(13-11-22)20(25)17-6-3-2-4-7-17/h5,8-9,15-17H,2-4,6-7,10-14H2,1H3. The van der Waals surface area contributed by atoms with Gasteiger partial charge in [0.05, 0.1) is 0 Å². The Hall–Kier alpha value is -1.91. The van der Waals surface area contributed by atoms with Gasteiger partial charge in [0.15, 0.2) is 0 Å². The molecule has 0 spiro atoms. The molecule has 1 saturated carbocycles. The zero-order valence-corrected chi connectivity index (χ0v) is 15.2. The Balaban J connectivity index is 1.46. The first kappa shape index (κ1) is 17.9. The van der Waals surface area contributed by atoms with Gasteiger partial charge in [0.2, 0.25) is 11.8 Å². The number of pyridine rings is 1. The van der Waals surface area contributed by atoms with Crippen molar-refractivity contribution in [1.29, 1.82) is 0 Å². The fourth-order valence-electron chi connectivity index (χ4n) is 3.96. The van der Waals surface area contributed by atoms with Crippen molar-refractivity contribution in [3.63, 3.8) is 0 Å². The molecule has 2 amide bonds. The number of rotatable bonds is 4. The van der Waals surface area contributed by atoms with Gasteiger partial charge >= 0.3 is 0 Å². The van der Waals surface area contributed by atoms with Crippen molar-refractivity contribution in [3.05, 3.63) is 30.1 Å². The van der Waals surface area contributed by atoms with Gasteiger partial charge in [0.1, 0.15) is 0 Å². The van der Waals surface area contributed by atoms with Crippen molar-refractivity contribution in [2.75, 3.05) is 26.2 Å². The molecule has 0 radical (unpaired) electrons. The van der Waals surface area contributed by atoms with Crippen LogP contribution in [-0.2, 0) is 9.59 Å². The summed E-state index contributed by atoms with van der Waals surface area (Å²) < 4.78 is 0. The summed E-state index contributed by atoms with van der Waals surface area (Å²) in [7, 11) is 0. The van der Waals surface area contributed by atoms with Crippen LogP contribution in [0, 0.1) is 5.92 Å². The van der Waals surface area contributed by atoms with Crippen LogP contribution in [0.3, 0.4) is 0 Å². The Kier molecular flexibility index (Phi) is 6.05. The van der Waals surface area contributed by atoms with Gasteiger partial charge in [-0.1, -0.05) is 32.3 Å². The predicted octanol–water partition coefficient (Wildman–Crippen LogP) is 2.83. The lowest BCUT2D eigenvalue weighted by Gasteiger charge is -2.37. The fourth-order valence-corrected chi connectivity index (χ4v) is 3.96. The van der Waals surface area contributed by atoms with Crippen LogP contribution in [0.25, 0.3) is 0 Å². The lowest BCUT2D eigenvalue weighted by Crippen LogP contribution is -2.52. The van der Waals surface area contributed by atoms with Crippen molar-refractivity contribution >= 4 is 11.8 Å². The highest BCUT2D eigenvalue weighted by Gasteiger charge is 2.29. The molecule has 2 fully saturated rings. The maximum Gasteiger partial charge on any atom is 0.225 e. The number of carbonyl (C=O) groups is 2. The van der Waals surface area contributed by atoms with Gasteiger partial charge < -0.3 is 9.80 Å². The molecule has 1 unspecified atom stereocenters. The Bertz CT molecular complexity index is 576. The van der Waals surface area contributed by atoms with E-state index in [4.69, 9.17) is 0 Å². The number of piperazine rings is 1. The molecule has 0 N–H and O–H groups in total. The second-order valence-corrected chi connectivity index (χ2v) is 7.43. The highest BCUT2D eigenvalue weighted by atomic mass is 16.2. The third-order valence-electron chi connectivity index (χ3n) is 5.63. The van der Waals surface area contributed by atoms with Crippen molar-refractivity contribution < 1.29 is 9.59 Å². The first-order chi connectivity index (χ1) is 12.1. The molecule has 2 heterocycles. The van der Waals surface area contributed by atoms with Crippen LogP contribution in [-0.4, -0.2) is 52.8 Å². The van der Waals surface area contributed by atoms with Gasteiger partial charge in [-0.2, -0.15) is 0 Å². The van der Waals surface area contributed by atoms with Crippen LogP contribution in [0.1, 0.15) is 56.9 Å². The predicted molar refractivity (Wildman–Crippen MR) is 97.0 cm³/mol. The molecule has 2 aliphatic rings. The highest BCUT2D eigenvalue weighted by Crippen LogP contribution is 2.26. The molecular formula is C20H29N3O2. The number of carbonyl (C=O) groups excluding carboxylic acids is 2. The largest absolute Gasteiger partial charge is 0.339 e. The molecule has 1 saturated heterocycles. The molecule has 5 heteroatoms. The molecule has 1 atom stereocenters. The number of amides is 2. The van der Waals surface area contributed by atoms with Gasteiger partial charge in [-0.15, -0.1) is 0 Å². The van der Waals surface area contributed by atoms with E-state index < -0.39 is 0 Å². The maximum atomic E-state index is 12.6. The number of hydrogen-bond donors (Lipinski definition) is 0. The van der Waals surface area contributed by atoms with Crippen LogP contribution >= 0.6 is 0 Å². The van der Waals surface area contributed by atoms with E-state index in [1.54, 1.807) is 6.20 Å². The smallest absolute Gasteiger partial charge is 0.225 e. The minimum Gasteiger partial charge on any atom is -0.339 e. The van der Waals surface area contributed by atoms with E-state index in [1.165, 1.54) is 19.3 Å².